The fourth-order valence-electron chi connectivity index (χ4n) is 3.15. The van der Waals surface area contributed by atoms with Crippen molar-refractivity contribution in [3.05, 3.63) is 24.3 Å². The van der Waals surface area contributed by atoms with E-state index in [0.717, 1.165) is 19.4 Å². The number of primary amides is 1. The van der Waals surface area contributed by atoms with Crippen molar-refractivity contribution < 1.29 is 18.7 Å². The van der Waals surface area contributed by atoms with Crippen LogP contribution in [0.3, 0.4) is 0 Å². The van der Waals surface area contributed by atoms with Crippen LogP contribution in [-0.2, 0) is 9.59 Å². The molecule has 3 N–H and O–H groups in total. The summed E-state index contributed by atoms with van der Waals surface area (Å²) in [6.07, 6.45) is 1.55. The standard InChI is InChI=1S/C18H23N5O4/c1-2-26-14-8-4-3-7-13(14)17-21-22-18(27-17)20-16(25)12-6-5-9-23(10-12)11-15(19)24/h3-4,7-8,12H,2,5-6,9-11H2,1H3,(H2,19,24)(H,20,22,25). The molecule has 1 atom stereocenters. The van der Waals surface area contributed by atoms with Gasteiger partial charge in [-0.2, -0.15) is 0 Å². The smallest absolute Gasteiger partial charge is 0.322 e. The van der Waals surface area contributed by atoms with E-state index >= 15 is 0 Å². The van der Waals surface area contributed by atoms with Crippen molar-refractivity contribution in [1.29, 1.82) is 0 Å². The van der Waals surface area contributed by atoms with Gasteiger partial charge in [-0.3, -0.25) is 19.8 Å². The molecule has 1 aromatic carbocycles. The molecule has 9 heteroatoms. The Bertz CT molecular complexity index is 807. The van der Waals surface area contributed by atoms with Gasteiger partial charge in [0.05, 0.1) is 24.6 Å². The summed E-state index contributed by atoms with van der Waals surface area (Å²) in [4.78, 5) is 25.5. The number of hydrogen-bond donors (Lipinski definition) is 2. The lowest BCUT2D eigenvalue weighted by molar-refractivity contribution is -0.124. The van der Waals surface area contributed by atoms with Gasteiger partial charge in [0.2, 0.25) is 11.8 Å². The van der Waals surface area contributed by atoms with Crippen LogP contribution in [0.5, 0.6) is 5.75 Å². The van der Waals surface area contributed by atoms with Crippen molar-refractivity contribution in [3.8, 4) is 17.2 Å². The number of carbonyl (C=O) groups is 2. The average Bonchev–Trinajstić information content (AvgIpc) is 3.10. The quantitative estimate of drug-likeness (QED) is 0.749. The maximum atomic E-state index is 12.5. The molecule has 1 aliphatic heterocycles. The summed E-state index contributed by atoms with van der Waals surface area (Å²) in [5.41, 5.74) is 5.90. The molecule has 3 rings (SSSR count). The lowest BCUT2D eigenvalue weighted by Gasteiger charge is -2.30. The summed E-state index contributed by atoms with van der Waals surface area (Å²) in [7, 11) is 0. The fraction of sp³-hybridized carbons (Fsp3) is 0.444. The second kappa shape index (κ2) is 8.63. The van der Waals surface area contributed by atoms with E-state index in [1.165, 1.54) is 0 Å². The second-order valence-corrected chi connectivity index (χ2v) is 6.37. The molecule has 0 radical (unpaired) electrons. The number of hydrogen-bond acceptors (Lipinski definition) is 7. The monoisotopic (exact) mass is 373 g/mol. The van der Waals surface area contributed by atoms with Crippen LogP contribution in [0.1, 0.15) is 19.8 Å². The average molecular weight is 373 g/mol. The van der Waals surface area contributed by atoms with Crippen LogP contribution < -0.4 is 15.8 Å². The number of rotatable bonds is 7. The van der Waals surface area contributed by atoms with Gasteiger partial charge in [0, 0.05) is 6.54 Å². The van der Waals surface area contributed by atoms with E-state index in [-0.39, 0.29) is 30.3 Å². The molecule has 1 saturated heterocycles. The first-order valence-electron chi connectivity index (χ1n) is 8.94. The Morgan fingerprint density at radius 1 is 1.37 bits per heavy atom. The number of benzene rings is 1. The van der Waals surface area contributed by atoms with Gasteiger partial charge < -0.3 is 14.9 Å². The molecule has 0 bridgehead atoms. The third-order valence-electron chi connectivity index (χ3n) is 4.33. The Hall–Kier alpha value is -2.94. The molecule has 1 unspecified atom stereocenters. The molecule has 0 aliphatic carbocycles. The molecule has 2 aromatic rings. The van der Waals surface area contributed by atoms with Crippen molar-refractivity contribution in [2.45, 2.75) is 19.8 Å². The van der Waals surface area contributed by atoms with Crippen LogP contribution >= 0.6 is 0 Å². The van der Waals surface area contributed by atoms with E-state index in [4.69, 9.17) is 14.9 Å². The number of para-hydroxylation sites is 1. The zero-order chi connectivity index (χ0) is 19.2. The number of aromatic nitrogens is 2. The van der Waals surface area contributed by atoms with E-state index in [1.807, 2.05) is 36.1 Å². The SMILES string of the molecule is CCOc1ccccc1-c1nnc(NC(=O)C2CCCN(CC(N)=O)C2)o1. The Labute approximate surface area is 156 Å². The van der Waals surface area contributed by atoms with Crippen molar-refractivity contribution in [2.24, 2.45) is 11.7 Å². The van der Waals surface area contributed by atoms with Crippen LogP contribution in [0.15, 0.2) is 28.7 Å². The predicted octanol–water partition coefficient (Wildman–Crippen LogP) is 1.27. The van der Waals surface area contributed by atoms with Crippen LogP contribution in [0.25, 0.3) is 11.5 Å². The summed E-state index contributed by atoms with van der Waals surface area (Å²) >= 11 is 0. The summed E-state index contributed by atoms with van der Waals surface area (Å²) in [6, 6.07) is 7.36. The third kappa shape index (κ3) is 4.82. The lowest BCUT2D eigenvalue weighted by atomic mass is 9.97. The van der Waals surface area contributed by atoms with Gasteiger partial charge in [0.15, 0.2) is 0 Å². The number of carbonyl (C=O) groups excluding carboxylic acids is 2. The fourth-order valence-corrected chi connectivity index (χ4v) is 3.15. The lowest BCUT2D eigenvalue weighted by Crippen LogP contribution is -2.44. The Kier molecular flexibility index (Phi) is 6.02. The molecule has 27 heavy (non-hydrogen) atoms. The normalized spacial score (nSPS) is 17.4. The first kappa shape index (κ1) is 18.8. The highest BCUT2D eigenvalue weighted by Crippen LogP contribution is 2.29. The highest BCUT2D eigenvalue weighted by atomic mass is 16.5. The first-order valence-corrected chi connectivity index (χ1v) is 8.94. The zero-order valence-electron chi connectivity index (χ0n) is 15.2. The number of piperidine rings is 1. The second-order valence-electron chi connectivity index (χ2n) is 6.37. The molecule has 144 valence electrons. The molecule has 1 aromatic heterocycles. The molecule has 0 spiro atoms. The molecular weight excluding hydrogens is 350 g/mol. The van der Waals surface area contributed by atoms with Crippen molar-refractivity contribution in [1.82, 2.24) is 15.1 Å². The number of likely N-dealkylation sites (tertiary alicyclic amines) is 1. The van der Waals surface area contributed by atoms with Gasteiger partial charge >= 0.3 is 6.01 Å². The van der Waals surface area contributed by atoms with Gasteiger partial charge in [0.25, 0.3) is 5.89 Å². The molecule has 1 fully saturated rings. The number of anilines is 1. The topological polar surface area (TPSA) is 124 Å². The minimum absolute atomic E-state index is 0.0355. The highest BCUT2D eigenvalue weighted by Gasteiger charge is 2.27. The molecule has 9 nitrogen and oxygen atoms in total. The zero-order valence-corrected chi connectivity index (χ0v) is 15.2. The predicted molar refractivity (Wildman–Crippen MR) is 97.9 cm³/mol. The highest BCUT2D eigenvalue weighted by molar-refractivity contribution is 5.91. The minimum Gasteiger partial charge on any atom is -0.493 e. The number of nitrogens with two attached hydrogens (primary N) is 1. The van der Waals surface area contributed by atoms with Crippen molar-refractivity contribution >= 4 is 17.8 Å². The van der Waals surface area contributed by atoms with Gasteiger partial charge in [-0.25, -0.2) is 0 Å². The van der Waals surface area contributed by atoms with Crippen molar-refractivity contribution in [2.75, 3.05) is 31.6 Å². The molecular formula is C18H23N5O4. The van der Waals surface area contributed by atoms with E-state index in [1.54, 1.807) is 0 Å². The van der Waals surface area contributed by atoms with Crippen LogP contribution in [-0.4, -0.2) is 53.2 Å². The van der Waals surface area contributed by atoms with Gasteiger partial charge in [-0.05, 0) is 38.4 Å². The first-order chi connectivity index (χ1) is 13.1. The number of ether oxygens (including phenoxy) is 1. The van der Waals surface area contributed by atoms with Crippen molar-refractivity contribution in [3.63, 3.8) is 0 Å². The van der Waals surface area contributed by atoms with E-state index in [9.17, 15) is 9.59 Å². The van der Waals surface area contributed by atoms with Gasteiger partial charge in [0.1, 0.15) is 5.75 Å². The summed E-state index contributed by atoms with van der Waals surface area (Å²) in [6.45, 7) is 3.79. The van der Waals surface area contributed by atoms with E-state index in [2.05, 4.69) is 15.5 Å². The molecule has 1 aliphatic rings. The van der Waals surface area contributed by atoms with Crippen LogP contribution in [0, 0.1) is 5.92 Å². The maximum Gasteiger partial charge on any atom is 0.322 e. The van der Waals surface area contributed by atoms with E-state index in [0.29, 0.717) is 24.5 Å². The summed E-state index contributed by atoms with van der Waals surface area (Å²) in [5.74, 6) is 0.0384. The summed E-state index contributed by atoms with van der Waals surface area (Å²) < 4.78 is 11.1. The number of nitrogens with zero attached hydrogens (tertiary/aromatic N) is 3. The Balaban J connectivity index is 1.65. The van der Waals surface area contributed by atoms with E-state index < -0.39 is 5.91 Å². The Morgan fingerprint density at radius 2 is 2.19 bits per heavy atom. The molecule has 0 saturated carbocycles. The molecule has 2 amide bonds. The maximum absolute atomic E-state index is 12.5. The van der Waals surface area contributed by atoms with Crippen LogP contribution in [0.4, 0.5) is 6.01 Å². The summed E-state index contributed by atoms with van der Waals surface area (Å²) in [5, 5.41) is 10.6. The number of nitrogens with one attached hydrogen (secondary N) is 1. The number of amides is 2. The minimum atomic E-state index is -0.398. The van der Waals surface area contributed by atoms with Gasteiger partial charge in [-0.15, -0.1) is 5.10 Å². The largest absolute Gasteiger partial charge is 0.493 e. The van der Waals surface area contributed by atoms with Crippen LogP contribution in [0.2, 0.25) is 0 Å². The third-order valence-corrected chi connectivity index (χ3v) is 4.33. The Morgan fingerprint density at radius 3 is 2.96 bits per heavy atom. The molecule has 2 heterocycles. The van der Waals surface area contributed by atoms with Gasteiger partial charge in [-0.1, -0.05) is 17.2 Å².